The highest BCUT2D eigenvalue weighted by molar-refractivity contribution is 9.10. The van der Waals surface area contributed by atoms with E-state index >= 15 is 0 Å². The molecule has 0 saturated carbocycles. The Bertz CT molecular complexity index is 977. The normalized spacial score (nSPS) is 17.8. The van der Waals surface area contributed by atoms with Crippen molar-refractivity contribution in [3.05, 3.63) is 67.6 Å². The molecule has 0 aliphatic heterocycles. The van der Waals surface area contributed by atoms with Crippen LogP contribution in [0, 0.1) is 0 Å². The van der Waals surface area contributed by atoms with Crippen molar-refractivity contribution in [2.75, 3.05) is 0 Å². The van der Waals surface area contributed by atoms with Gasteiger partial charge in [0, 0.05) is 26.5 Å². The van der Waals surface area contributed by atoms with Crippen molar-refractivity contribution in [2.24, 2.45) is 4.40 Å². The van der Waals surface area contributed by atoms with Crippen LogP contribution < -0.4 is 0 Å². The molecular weight excluding hydrogens is 502 g/mol. The van der Waals surface area contributed by atoms with Crippen LogP contribution >= 0.6 is 31.9 Å². The maximum Gasteiger partial charge on any atom is 0.163 e. The Kier molecular flexibility index (Phi) is 6.72. The Morgan fingerprint density at radius 2 is 1.39 bits per heavy atom. The van der Waals surface area contributed by atoms with Crippen molar-refractivity contribution in [1.29, 1.82) is 0 Å². The van der Waals surface area contributed by atoms with Crippen LogP contribution in [0.25, 0.3) is 0 Å². The van der Waals surface area contributed by atoms with Crippen LogP contribution in [0.2, 0.25) is 0 Å². The van der Waals surface area contributed by atoms with Gasteiger partial charge >= 0.3 is 0 Å². The van der Waals surface area contributed by atoms with Gasteiger partial charge in [0.25, 0.3) is 0 Å². The molecule has 0 spiro atoms. The van der Waals surface area contributed by atoms with E-state index in [0.717, 1.165) is 45.0 Å². The zero-order valence-corrected chi connectivity index (χ0v) is 20.2. The van der Waals surface area contributed by atoms with Gasteiger partial charge in [0.2, 0.25) is 0 Å². The van der Waals surface area contributed by atoms with Crippen molar-refractivity contribution in [3.8, 4) is 0 Å². The fourth-order valence-corrected chi connectivity index (χ4v) is 5.03. The van der Waals surface area contributed by atoms with Crippen molar-refractivity contribution in [3.63, 3.8) is 0 Å². The third-order valence-electron chi connectivity index (χ3n) is 4.78. The zero-order chi connectivity index (χ0) is 20.5. The maximum absolute atomic E-state index is 12.0. The average Bonchev–Trinajstić information content (AvgIpc) is 3.21. The number of benzene rings is 2. The molecule has 2 aliphatic carbocycles. The monoisotopic (exact) mass is 523 g/mol. The van der Waals surface area contributed by atoms with E-state index in [4.69, 9.17) is 0 Å². The zero-order valence-electron chi connectivity index (χ0n) is 16.2. The van der Waals surface area contributed by atoms with Gasteiger partial charge in [-0.05, 0) is 63.3 Å². The Labute approximate surface area is 185 Å². The van der Waals surface area contributed by atoms with Crippen LogP contribution in [0.4, 0.5) is 0 Å². The first-order valence-corrected chi connectivity index (χ1v) is 12.0. The number of fused-ring (bicyclic) bond motifs is 2. The van der Waals surface area contributed by atoms with Gasteiger partial charge in [-0.2, -0.15) is 4.40 Å². The molecule has 1 atom stereocenters. The predicted molar refractivity (Wildman–Crippen MR) is 124 cm³/mol. The summed E-state index contributed by atoms with van der Waals surface area (Å²) < 4.78 is 18.3. The van der Waals surface area contributed by atoms with Crippen molar-refractivity contribution >= 4 is 54.3 Å². The molecule has 0 heterocycles. The van der Waals surface area contributed by atoms with Gasteiger partial charge in [0.15, 0.2) is 5.78 Å². The summed E-state index contributed by atoms with van der Waals surface area (Å²) in [4.78, 5) is 11.2. The van der Waals surface area contributed by atoms with Crippen LogP contribution in [-0.4, -0.2) is 20.5 Å². The first kappa shape index (κ1) is 21.6. The summed E-state index contributed by atoms with van der Waals surface area (Å²) in [6, 6.07) is 11.9. The van der Waals surface area contributed by atoms with Crippen molar-refractivity contribution < 1.29 is 9.00 Å². The number of halogens is 2. The topological polar surface area (TPSA) is 46.5 Å². The molecule has 6 heteroatoms. The third-order valence-corrected chi connectivity index (χ3v) is 7.70. The maximum atomic E-state index is 12.0. The molecule has 0 N–H and O–H groups in total. The van der Waals surface area contributed by atoms with Gasteiger partial charge in [-0.15, -0.1) is 0 Å². The number of ketones is 1. The lowest BCUT2D eigenvalue weighted by Crippen LogP contribution is -2.20. The number of Topliss-reactive ketones (excluding diaryl/α,β-unsaturated/α-hetero) is 1. The van der Waals surface area contributed by atoms with E-state index in [1.165, 1.54) is 11.1 Å². The van der Waals surface area contributed by atoms with E-state index in [1.807, 2.05) is 51.1 Å². The second-order valence-corrected chi connectivity index (χ2v) is 11.5. The molecule has 0 unspecified atom stereocenters. The molecule has 148 valence electrons. The third kappa shape index (κ3) is 4.71. The Morgan fingerprint density at radius 3 is 1.96 bits per heavy atom. The second-order valence-electron chi connectivity index (χ2n) is 7.85. The molecule has 0 radical (unpaired) electrons. The highest BCUT2D eigenvalue weighted by Crippen LogP contribution is 2.30. The van der Waals surface area contributed by atoms with Crippen molar-refractivity contribution in [1.82, 2.24) is 0 Å². The highest BCUT2D eigenvalue weighted by atomic mass is 79.9. The summed E-state index contributed by atoms with van der Waals surface area (Å²) in [5, 5.41) is 0. The number of hydrogen-bond acceptors (Lipinski definition) is 2. The first-order chi connectivity index (χ1) is 13.2. The van der Waals surface area contributed by atoms with E-state index in [0.29, 0.717) is 6.42 Å². The summed E-state index contributed by atoms with van der Waals surface area (Å²) in [7, 11) is -1.17. The number of hydrogen-bond donors (Lipinski definition) is 0. The van der Waals surface area contributed by atoms with E-state index in [9.17, 15) is 9.00 Å². The number of rotatable bonds is 1. The fourth-order valence-electron chi connectivity index (χ4n) is 3.24. The fraction of sp³-hybridized carbons (Fsp3) is 0.364. The average molecular weight is 525 g/mol. The minimum absolute atomic E-state index is 0.279. The smallest absolute Gasteiger partial charge is 0.163 e. The number of carbonyl (C=O) groups excluding carboxylic acids is 1. The molecule has 2 aliphatic rings. The van der Waals surface area contributed by atoms with E-state index in [2.05, 4.69) is 42.3 Å². The van der Waals surface area contributed by atoms with Gasteiger partial charge in [0.05, 0.1) is 10.5 Å². The van der Waals surface area contributed by atoms with E-state index in [-0.39, 0.29) is 10.5 Å². The summed E-state index contributed by atoms with van der Waals surface area (Å²) in [5.74, 6) is 0.279. The summed E-state index contributed by atoms with van der Waals surface area (Å²) in [6.07, 6.45) is 3.45. The van der Waals surface area contributed by atoms with Gasteiger partial charge in [-0.1, -0.05) is 56.1 Å². The van der Waals surface area contributed by atoms with Gasteiger partial charge < -0.3 is 0 Å². The SMILES string of the molecule is CC(C)(C)[S@](=O)N=C1CCc2c(Br)cccc21.O=C1CCc2c(Br)cccc21. The summed E-state index contributed by atoms with van der Waals surface area (Å²) in [6.45, 7) is 5.85. The lowest BCUT2D eigenvalue weighted by molar-refractivity contribution is 0.0994. The summed E-state index contributed by atoms with van der Waals surface area (Å²) in [5.41, 5.74) is 5.50. The van der Waals surface area contributed by atoms with Crippen LogP contribution in [-0.2, 0) is 23.8 Å². The molecule has 28 heavy (non-hydrogen) atoms. The largest absolute Gasteiger partial charge is 0.294 e. The molecule has 0 bridgehead atoms. The lowest BCUT2D eigenvalue weighted by Gasteiger charge is -2.14. The van der Waals surface area contributed by atoms with E-state index in [1.54, 1.807) is 0 Å². The van der Waals surface area contributed by atoms with Crippen LogP contribution in [0.1, 0.15) is 60.7 Å². The highest BCUT2D eigenvalue weighted by Gasteiger charge is 2.24. The molecule has 0 aromatic heterocycles. The van der Waals surface area contributed by atoms with E-state index < -0.39 is 11.0 Å². The first-order valence-electron chi connectivity index (χ1n) is 9.26. The molecule has 0 fully saturated rings. The van der Waals surface area contributed by atoms with Gasteiger partial charge in [-0.25, -0.2) is 4.21 Å². The molecule has 2 aromatic carbocycles. The van der Waals surface area contributed by atoms with Crippen LogP contribution in [0.3, 0.4) is 0 Å². The molecule has 3 nitrogen and oxygen atoms in total. The van der Waals surface area contributed by atoms with Crippen LogP contribution in [0.15, 0.2) is 49.7 Å². The summed E-state index contributed by atoms with van der Waals surface area (Å²) >= 11 is 6.97. The Hall–Kier alpha value is -1.11. The van der Waals surface area contributed by atoms with Crippen molar-refractivity contribution in [2.45, 2.75) is 51.2 Å². The lowest BCUT2D eigenvalue weighted by atomic mass is 10.1. The number of carbonyl (C=O) groups is 1. The molecule has 0 saturated heterocycles. The van der Waals surface area contributed by atoms with Crippen LogP contribution in [0.5, 0.6) is 0 Å². The molecule has 4 rings (SSSR count). The minimum atomic E-state index is -1.17. The predicted octanol–water partition coefficient (Wildman–Crippen LogP) is 6.22. The second kappa shape index (κ2) is 8.72. The Morgan fingerprint density at radius 1 is 0.857 bits per heavy atom. The number of nitrogens with zero attached hydrogens (tertiary/aromatic N) is 1. The quantitative estimate of drug-likeness (QED) is 0.444. The molecule has 0 amide bonds. The van der Waals surface area contributed by atoms with Gasteiger partial charge in [-0.3, -0.25) is 4.79 Å². The standard InChI is InChI=1S/C13H16BrNOS.C9H7BrO/c1-13(2,3)17(16)15-12-8-7-9-10(12)5-4-6-11(9)14;10-8-3-1-2-7-6(8)4-5-9(7)11/h4-6H,7-8H2,1-3H3;1-3H,4-5H2/t17-;/m0./s1. The van der Waals surface area contributed by atoms with Gasteiger partial charge in [0.1, 0.15) is 11.0 Å². The minimum Gasteiger partial charge on any atom is -0.294 e. The molecule has 2 aromatic rings. The Balaban J connectivity index is 0.000000176. The molecular formula is C22H23Br2NO2S.